The number of hydrogen-bond acceptors (Lipinski definition) is 2. The summed E-state index contributed by atoms with van der Waals surface area (Å²) in [4.78, 5) is 0. The van der Waals surface area contributed by atoms with Crippen LogP contribution in [0.4, 0.5) is 0 Å². The molecule has 0 aliphatic heterocycles. The summed E-state index contributed by atoms with van der Waals surface area (Å²) in [6, 6.07) is 16.6. The van der Waals surface area contributed by atoms with Crippen molar-refractivity contribution in [2.75, 3.05) is 20.4 Å². The number of hydrogen-bond donors (Lipinski definition) is 0. The highest BCUT2D eigenvalue weighted by Gasteiger charge is 2.31. The predicted molar refractivity (Wildman–Crippen MR) is 114 cm³/mol. The van der Waals surface area contributed by atoms with Crippen molar-refractivity contribution in [2.24, 2.45) is 5.41 Å². The van der Waals surface area contributed by atoms with Crippen LogP contribution in [0.1, 0.15) is 26.2 Å². The minimum atomic E-state index is -1.97. The average molecular weight is 365 g/mol. The number of allylic oxidation sites excluding steroid dienone is 2. The molecule has 0 N–H and O–H groups in total. The number of methoxy groups -OCH3 is 2. The van der Waals surface area contributed by atoms with E-state index in [0.717, 1.165) is 24.1 Å². The Hall–Kier alpha value is -1.73. The van der Waals surface area contributed by atoms with Crippen LogP contribution in [0.5, 0.6) is 11.5 Å². The molecule has 0 unspecified atom stereocenters. The van der Waals surface area contributed by atoms with E-state index in [-0.39, 0.29) is 5.41 Å². The normalized spacial score (nSPS) is 19.5. The predicted octanol–water partition coefficient (Wildman–Crippen LogP) is 4.50. The number of rotatable bonds is 7. The second-order valence-electron chi connectivity index (χ2n) is 7.33. The lowest BCUT2D eigenvalue weighted by atomic mass is 9.87. The molecule has 0 amide bonds. The van der Waals surface area contributed by atoms with E-state index in [1.807, 2.05) is 24.3 Å². The van der Waals surface area contributed by atoms with Crippen molar-refractivity contribution in [1.82, 2.24) is 0 Å². The first-order valence-electron chi connectivity index (χ1n) is 9.13. The second-order valence-corrected chi connectivity index (χ2v) is 10.6. The quantitative estimate of drug-likeness (QED) is 0.409. The van der Waals surface area contributed by atoms with Gasteiger partial charge in [0.05, 0.1) is 14.2 Å². The molecule has 4 heteroatoms. The molecule has 0 saturated carbocycles. The third kappa shape index (κ3) is 3.99. The van der Waals surface area contributed by atoms with Crippen LogP contribution >= 0.6 is 7.14 Å². The molecule has 0 heterocycles. The van der Waals surface area contributed by atoms with Crippen LogP contribution < -0.4 is 20.1 Å². The number of ether oxygens (including phenoxy) is 2. The minimum absolute atomic E-state index is 0.267. The van der Waals surface area contributed by atoms with Crippen molar-refractivity contribution in [3.8, 4) is 11.5 Å². The van der Waals surface area contributed by atoms with Gasteiger partial charge in [0.15, 0.2) is 0 Å². The van der Waals surface area contributed by atoms with Crippen molar-refractivity contribution in [1.29, 1.82) is 0 Å². The molecule has 3 radical (unpaired) electrons. The van der Waals surface area contributed by atoms with E-state index < -0.39 is 7.14 Å². The summed E-state index contributed by atoms with van der Waals surface area (Å²) in [5.41, 5.74) is 0.267. The first-order chi connectivity index (χ1) is 12.5. The molecule has 2 nitrogen and oxygen atoms in total. The minimum Gasteiger partial charge on any atom is -0.497 e. The molecule has 1 atom stereocenters. The molecule has 3 rings (SSSR count). The third-order valence-electron chi connectivity index (χ3n) is 5.50. The fourth-order valence-electron chi connectivity index (χ4n) is 3.61. The van der Waals surface area contributed by atoms with Gasteiger partial charge >= 0.3 is 0 Å². The standard InChI is InChI=1S/C22H27BO2P/c1-22(14-4-5-15-22)16-17-26(23,20-10-6-18(24-2)7-11-20)21-12-8-19(25-3)9-13-21/h4,6-14H,5,15-17H2,1-3H3/t22-/m0/s1. The molecule has 2 aromatic rings. The molecule has 0 bridgehead atoms. The molecule has 0 aromatic heterocycles. The van der Waals surface area contributed by atoms with Crippen molar-refractivity contribution in [3.05, 3.63) is 60.7 Å². The van der Waals surface area contributed by atoms with Crippen LogP contribution in [0, 0.1) is 5.41 Å². The van der Waals surface area contributed by atoms with Gasteiger partial charge in [-0.25, -0.2) is 0 Å². The fraction of sp³-hybridized carbons (Fsp3) is 0.364. The maximum atomic E-state index is 7.17. The van der Waals surface area contributed by atoms with Crippen LogP contribution in [0.2, 0.25) is 0 Å². The van der Waals surface area contributed by atoms with E-state index >= 15 is 0 Å². The first-order valence-corrected chi connectivity index (χ1v) is 11.2. The van der Waals surface area contributed by atoms with Crippen LogP contribution in [0.25, 0.3) is 0 Å². The Morgan fingerprint density at radius 2 is 1.42 bits per heavy atom. The van der Waals surface area contributed by atoms with E-state index in [1.165, 1.54) is 23.5 Å². The Bertz CT molecular complexity index is 707. The molecule has 0 spiro atoms. The highest BCUT2D eigenvalue weighted by Crippen LogP contribution is 2.54. The summed E-state index contributed by atoms with van der Waals surface area (Å²) in [5, 5.41) is 2.43. The summed E-state index contributed by atoms with van der Waals surface area (Å²) < 4.78 is 10.6. The van der Waals surface area contributed by atoms with Gasteiger partial charge in [-0.05, 0) is 73.2 Å². The zero-order valence-corrected chi connectivity index (χ0v) is 16.8. The third-order valence-corrected chi connectivity index (χ3v) is 8.87. The maximum absolute atomic E-state index is 7.17. The van der Waals surface area contributed by atoms with Gasteiger partial charge in [0.25, 0.3) is 0 Å². The smallest absolute Gasteiger partial charge is 0.119 e. The lowest BCUT2D eigenvalue weighted by Gasteiger charge is -2.39. The molecule has 1 aliphatic rings. The van der Waals surface area contributed by atoms with Crippen LogP contribution in [-0.2, 0) is 0 Å². The van der Waals surface area contributed by atoms with E-state index in [9.17, 15) is 0 Å². The van der Waals surface area contributed by atoms with Crippen molar-refractivity contribution in [2.45, 2.75) is 26.2 Å². The van der Waals surface area contributed by atoms with Crippen molar-refractivity contribution >= 4 is 25.3 Å². The largest absolute Gasteiger partial charge is 0.497 e. The summed E-state index contributed by atoms with van der Waals surface area (Å²) in [6.45, 7) is 2.35. The summed E-state index contributed by atoms with van der Waals surface area (Å²) in [6.07, 6.45) is 9.17. The molecular formula is C22H27BO2P. The Balaban J connectivity index is 1.94. The number of benzene rings is 2. The molecule has 135 valence electrons. The van der Waals surface area contributed by atoms with Gasteiger partial charge in [-0.3, -0.25) is 7.57 Å². The fourth-order valence-corrected chi connectivity index (χ4v) is 6.65. The zero-order valence-electron chi connectivity index (χ0n) is 15.9. The summed E-state index contributed by atoms with van der Waals surface area (Å²) in [5.74, 6) is 1.72. The molecule has 26 heavy (non-hydrogen) atoms. The Labute approximate surface area is 159 Å². The van der Waals surface area contributed by atoms with Crippen LogP contribution in [-0.4, -0.2) is 27.9 Å². The maximum Gasteiger partial charge on any atom is 0.119 e. The lowest BCUT2D eigenvalue weighted by molar-refractivity contribution is 0.406. The van der Waals surface area contributed by atoms with Gasteiger partial charge in [0, 0.05) is 16.8 Å². The summed E-state index contributed by atoms with van der Waals surface area (Å²) in [7, 11) is 8.57. The molecule has 2 aromatic carbocycles. The first kappa shape index (κ1) is 19.0. The van der Waals surface area contributed by atoms with E-state index in [4.69, 9.17) is 17.0 Å². The Kier molecular flexibility index (Phi) is 5.78. The average Bonchev–Trinajstić information content (AvgIpc) is 3.13. The second kappa shape index (κ2) is 7.88. The topological polar surface area (TPSA) is 18.5 Å². The van der Waals surface area contributed by atoms with Crippen LogP contribution in [0.15, 0.2) is 60.7 Å². The van der Waals surface area contributed by atoms with Gasteiger partial charge in [-0.2, -0.15) is 7.14 Å². The van der Waals surface area contributed by atoms with Gasteiger partial charge in [-0.1, -0.05) is 19.1 Å². The zero-order chi connectivity index (χ0) is 18.6. The van der Waals surface area contributed by atoms with Crippen molar-refractivity contribution < 1.29 is 9.47 Å². The van der Waals surface area contributed by atoms with Gasteiger partial charge in [-0.15, -0.1) is 0 Å². The highest BCUT2D eigenvalue weighted by atomic mass is 31.2. The monoisotopic (exact) mass is 365 g/mol. The summed E-state index contributed by atoms with van der Waals surface area (Å²) >= 11 is 0. The van der Waals surface area contributed by atoms with E-state index in [0.29, 0.717) is 0 Å². The Morgan fingerprint density at radius 1 is 0.923 bits per heavy atom. The molecular weight excluding hydrogens is 338 g/mol. The van der Waals surface area contributed by atoms with E-state index in [1.54, 1.807) is 14.2 Å². The molecule has 1 aliphatic carbocycles. The lowest BCUT2D eigenvalue weighted by Crippen LogP contribution is -2.27. The molecule has 0 saturated heterocycles. The van der Waals surface area contributed by atoms with E-state index in [2.05, 4.69) is 43.3 Å². The SMILES string of the molecule is [B-][P+](CC[C@@]1(C)C=CCC1)(c1ccc(OC)cc1)c1ccc(OC)cc1. The Morgan fingerprint density at radius 3 is 1.81 bits per heavy atom. The van der Waals surface area contributed by atoms with Gasteiger partial charge < -0.3 is 9.47 Å². The van der Waals surface area contributed by atoms with Gasteiger partial charge in [0.2, 0.25) is 0 Å². The molecule has 0 fully saturated rings. The highest BCUT2D eigenvalue weighted by molar-refractivity contribution is 8.08. The van der Waals surface area contributed by atoms with Crippen molar-refractivity contribution in [3.63, 3.8) is 0 Å². The van der Waals surface area contributed by atoms with Crippen LogP contribution in [0.3, 0.4) is 0 Å². The van der Waals surface area contributed by atoms with Gasteiger partial charge in [0.1, 0.15) is 11.5 Å².